The van der Waals surface area contributed by atoms with Crippen LogP contribution in [0.2, 0.25) is 0 Å². The molecule has 1 N–H and O–H groups in total. The summed E-state index contributed by atoms with van der Waals surface area (Å²) in [5.74, 6) is -0.295. The molecule has 1 fully saturated rings. The van der Waals surface area contributed by atoms with Gasteiger partial charge in [-0.3, -0.25) is 9.69 Å². The van der Waals surface area contributed by atoms with Crippen LogP contribution in [-0.4, -0.2) is 72.9 Å². The van der Waals surface area contributed by atoms with Gasteiger partial charge in [-0.05, 0) is 12.1 Å². The van der Waals surface area contributed by atoms with Crippen molar-refractivity contribution in [1.29, 1.82) is 0 Å². The summed E-state index contributed by atoms with van der Waals surface area (Å²) in [5, 5.41) is 9.71. The van der Waals surface area contributed by atoms with Gasteiger partial charge in [0, 0.05) is 32.7 Å². The number of phenols is 1. The summed E-state index contributed by atoms with van der Waals surface area (Å²) in [6.45, 7) is 1.22. The highest BCUT2D eigenvalue weighted by Gasteiger charge is 2.28. The van der Waals surface area contributed by atoms with Crippen LogP contribution in [-0.2, 0) is 4.74 Å². The first-order valence-corrected chi connectivity index (χ1v) is 7.31. The zero-order valence-corrected chi connectivity index (χ0v) is 12.6. The molecule has 1 saturated heterocycles. The minimum atomic E-state index is -4.30. The van der Waals surface area contributed by atoms with Crippen molar-refractivity contribution >= 4 is 5.91 Å². The summed E-state index contributed by atoms with van der Waals surface area (Å²) in [6, 6.07) is 6.35. The lowest BCUT2D eigenvalue weighted by atomic mass is 10.1. The smallest absolute Gasteiger partial charge is 0.411 e. The third-order valence-corrected chi connectivity index (χ3v) is 3.61. The lowest BCUT2D eigenvalue weighted by Crippen LogP contribution is -2.49. The quantitative estimate of drug-likeness (QED) is 0.835. The van der Waals surface area contributed by atoms with Gasteiger partial charge in [0.1, 0.15) is 12.4 Å². The van der Waals surface area contributed by atoms with Crippen LogP contribution in [0.15, 0.2) is 24.3 Å². The van der Waals surface area contributed by atoms with Crippen molar-refractivity contribution in [1.82, 2.24) is 9.80 Å². The van der Waals surface area contributed by atoms with Crippen molar-refractivity contribution < 1.29 is 27.8 Å². The van der Waals surface area contributed by atoms with Crippen molar-refractivity contribution in [2.24, 2.45) is 0 Å². The van der Waals surface area contributed by atoms with Crippen LogP contribution in [0.4, 0.5) is 13.2 Å². The Morgan fingerprint density at radius 1 is 1.17 bits per heavy atom. The van der Waals surface area contributed by atoms with Crippen LogP contribution in [0, 0.1) is 0 Å². The van der Waals surface area contributed by atoms with Gasteiger partial charge in [-0.25, -0.2) is 0 Å². The van der Waals surface area contributed by atoms with Crippen LogP contribution in [0.1, 0.15) is 10.4 Å². The molecule has 8 heteroatoms. The molecule has 1 aromatic rings. The van der Waals surface area contributed by atoms with Gasteiger partial charge in [0.05, 0.1) is 12.2 Å². The number of amides is 1. The Balaban J connectivity index is 1.74. The number of hydrogen-bond acceptors (Lipinski definition) is 4. The van der Waals surface area contributed by atoms with E-state index in [0.717, 1.165) is 0 Å². The maximum absolute atomic E-state index is 12.3. The van der Waals surface area contributed by atoms with Crippen LogP contribution in [0.5, 0.6) is 5.75 Å². The predicted molar refractivity (Wildman–Crippen MR) is 77.3 cm³/mol. The second-order valence-corrected chi connectivity index (χ2v) is 5.32. The molecule has 0 unspecified atom stereocenters. The van der Waals surface area contributed by atoms with Gasteiger partial charge in [0.15, 0.2) is 0 Å². The van der Waals surface area contributed by atoms with E-state index in [-0.39, 0.29) is 23.8 Å². The lowest BCUT2D eigenvalue weighted by molar-refractivity contribution is -0.174. The van der Waals surface area contributed by atoms with E-state index in [4.69, 9.17) is 0 Å². The zero-order valence-electron chi connectivity index (χ0n) is 12.6. The Morgan fingerprint density at radius 2 is 1.83 bits per heavy atom. The van der Waals surface area contributed by atoms with Crippen molar-refractivity contribution in [2.75, 3.05) is 45.9 Å². The number of para-hydroxylation sites is 1. The molecular formula is C15H19F3N2O3. The number of aromatic hydroxyl groups is 1. The van der Waals surface area contributed by atoms with Gasteiger partial charge in [-0.2, -0.15) is 13.2 Å². The maximum Gasteiger partial charge on any atom is 0.411 e. The Hall–Kier alpha value is -1.80. The zero-order chi connectivity index (χ0) is 16.9. The molecule has 0 aliphatic carbocycles. The van der Waals surface area contributed by atoms with Gasteiger partial charge >= 0.3 is 6.18 Å². The van der Waals surface area contributed by atoms with Crippen molar-refractivity contribution in [3.63, 3.8) is 0 Å². The third-order valence-electron chi connectivity index (χ3n) is 3.61. The molecule has 0 atom stereocenters. The summed E-state index contributed by atoms with van der Waals surface area (Å²) in [6.07, 6.45) is -4.30. The molecule has 1 aliphatic heterocycles. The van der Waals surface area contributed by atoms with Crippen LogP contribution >= 0.6 is 0 Å². The minimum Gasteiger partial charge on any atom is -0.507 e. The largest absolute Gasteiger partial charge is 0.507 e. The van der Waals surface area contributed by atoms with Crippen LogP contribution in [0.3, 0.4) is 0 Å². The number of nitrogens with zero attached hydrogens (tertiary/aromatic N) is 2. The second-order valence-electron chi connectivity index (χ2n) is 5.32. The standard InChI is InChI=1S/C15H19F3N2O3/c16-15(17,18)11-23-10-9-19-5-7-20(8-6-19)14(22)12-3-1-2-4-13(12)21/h1-4,21H,5-11H2. The van der Waals surface area contributed by atoms with Gasteiger partial charge in [0.25, 0.3) is 5.91 Å². The number of halogens is 3. The lowest BCUT2D eigenvalue weighted by Gasteiger charge is -2.34. The Kier molecular flexibility index (Phi) is 5.84. The fourth-order valence-corrected chi connectivity index (χ4v) is 2.38. The highest BCUT2D eigenvalue weighted by atomic mass is 19.4. The molecule has 1 aromatic carbocycles. The second kappa shape index (κ2) is 7.65. The molecule has 1 heterocycles. The first-order chi connectivity index (χ1) is 10.9. The Bertz CT molecular complexity index is 529. The number of phenolic OH excluding ortho intramolecular Hbond substituents is 1. The average Bonchev–Trinajstić information content (AvgIpc) is 2.51. The van der Waals surface area contributed by atoms with Crippen molar-refractivity contribution in [3.8, 4) is 5.75 Å². The van der Waals surface area contributed by atoms with Gasteiger partial charge in [-0.1, -0.05) is 12.1 Å². The van der Waals surface area contributed by atoms with Gasteiger partial charge in [-0.15, -0.1) is 0 Å². The molecule has 1 amide bonds. The number of carbonyl (C=O) groups excluding carboxylic acids is 1. The van der Waals surface area contributed by atoms with E-state index >= 15 is 0 Å². The Morgan fingerprint density at radius 3 is 2.43 bits per heavy atom. The van der Waals surface area contributed by atoms with E-state index < -0.39 is 12.8 Å². The first-order valence-electron chi connectivity index (χ1n) is 7.31. The SMILES string of the molecule is O=C(c1ccccc1O)N1CCN(CCOCC(F)(F)F)CC1. The highest BCUT2D eigenvalue weighted by molar-refractivity contribution is 5.96. The fraction of sp³-hybridized carbons (Fsp3) is 0.533. The Labute approximate surface area is 132 Å². The maximum atomic E-state index is 12.3. The van der Waals surface area contributed by atoms with Crippen LogP contribution in [0.25, 0.3) is 0 Å². The fourth-order valence-electron chi connectivity index (χ4n) is 2.38. The monoisotopic (exact) mass is 332 g/mol. The number of benzene rings is 1. The summed E-state index contributed by atoms with van der Waals surface area (Å²) >= 11 is 0. The van der Waals surface area contributed by atoms with E-state index in [9.17, 15) is 23.1 Å². The van der Waals surface area contributed by atoms with Crippen molar-refractivity contribution in [3.05, 3.63) is 29.8 Å². The number of ether oxygens (including phenoxy) is 1. The molecule has 0 radical (unpaired) electrons. The molecule has 0 spiro atoms. The molecule has 128 valence electrons. The average molecular weight is 332 g/mol. The summed E-state index contributed by atoms with van der Waals surface area (Å²) in [4.78, 5) is 15.9. The molecule has 2 rings (SSSR count). The van der Waals surface area contributed by atoms with Crippen molar-refractivity contribution in [2.45, 2.75) is 6.18 Å². The normalized spacial score (nSPS) is 16.6. The molecule has 0 saturated carbocycles. The van der Waals surface area contributed by atoms with E-state index in [1.54, 1.807) is 23.1 Å². The molecule has 0 aromatic heterocycles. The molecule has 0 bridgehead atoms. The van der Waals surface area contributed by atoms with E-state index in [0.29, 0.717) is 32.7 Å². The van der Waals surface area contributed by atoms with E-state index in [1.165, 1.54) is 6.07 Å². The van der Waals surface area contributed by atoms with Gasteiger partial charge < -0.3 is 14.7 Å². The minimum absolute atomic E-state index is 0.00687. The van der Waals surface area contributed by atoms with E-state index in [1.807, 2.05) is 4.90 Å². The molecular weight excluding hydrogens is 313 g/mol. The highest BCUT2D eigenvalue weighted by Crippen LogP contribution is 2.19. The number of hydrogen-bond donors (Lipinski definition) is 1. The summed E-state index contributed by atoms with van der Waals surface area (Å²) < 4.78 is 40.4. The summed E-state index contributed by atoms with van der Waals surface area (Å²) in [5.41, 5.74) is 0.259. The third kappa shape index (κ3) is 5.40. The first kappa shape index (κ1) is 17.6. The number of rotatable bonds is 5. The molecule has 5 nitrogen and oxygen atoms in total. The topological polar surface area (TPSA) is 53.0 Å². The molecule has 23 heavy (non-hydrogen) atoms. The van der Waals surface area contributed by atoms with E-state index in [2.05, 4.69) is 4.74 Å². The number of piperazine rings is 1. The predicted octanol–water partition coefficient (Wildman–Crippen LogP) is 1.73. The van der Waals surface area contributed by atoms with Gasteiger partial charge in [0.2, 0.25) is 0 Å². The summed E-state index contributed by atoms with van der Waals surface area (Å²) in [7, 11) is 0. The van der Waals surface area contributed by atoms with Crippen LogP contribution < -0.4 is 0 Å². The number of carbonyl (C=O) groups is 1. The molecule has 1 aliphatic rings. The number of alkyl halides is 3.